The number of phenols is 1. The molecule has 0 saturated heterocycles. The van der Waals surface area contributed by atoms with E-state index in [-0.39, 0.29) is 64.7 Å². The SMILES string of the molecule is CC(=O)OC(=O)CC(OC(=O)c1ccccc1O)C(=O)OC(C)=O.[NaH].[NaH]. The third-order valence-electron chi connectivity index (χ3n) is 2.49. The molecule has 0 radical (unpaired) electrons. The Morgan fingerprint density at radius 2 is 1.50 bits per heavy atom. The van der Waals surface area contributed by atoms with E-state index in [0.29, 0.717) is 0 Å². The van der Waals surface area contributed by atoms with Gasteiger partial charge in [0.2, 0.25) is 6.10 Å². The maximum absolute atomic E-state index is 12.0. The second-order valence-corrected chi connectivity index (χ2v) is 4.49. The van der Waals surface area contributed by atoms with Crippen molar-refractivity contribution in [2.75, 3.05) is 0 Å². The van der Waals surface area contributed by atoms with Gasteiger partial charge in [-0.15, -0.1) is 0 Å². The number of aromatic hydroxyl groups is 1. The summed E-state index contributed by atoms with van der Waals surface area (Å²) in [5, 5.41) is 9.57. The first-order chi connectivity index (χ1) is 11.2. The van der Waals surface area contributed by atoms with Gasteiger partial charge in [-0.25, -0.2) is 9.59 Å². The zero-order chi connectivity index (χ0) is 18.3. The van der Waals surface area contributed by atoms with Gasteiger partial charge >= 0.3 is 89.0 Å². The Labute approximate surface area is 192 Å². The number of para-hydroxylation sites is 1. The standard InChI is InChI=1S/C15H14O9.2Na.2H/c1-8(16)22-13(19)7-12(15(21)23-9(2)17)24-14(20)10-5-3-4-6-11(10)18;;;;/h3-6,12,18H,7H2,1-2H3;;;;. The van der Waals surface area contributed by atoms with Gasteiger partial charge in [0.25, 0.3) is 0 Å². The predicted octanol–water partition coefficient (Wildman–Crippen LogP) is -0.810. The molecule has 0 saturated carbocycles. The molecule has 9 nitrogen and oxygen atoms in total. The molecule has 0 spiro atoms. The van der Waals surface area contributed by atoms with Gasteiger partial charge in [-0.3, -0.25) is 14.4 Å². The van der Waals surface area contributed by atoms with Crippen molar-refractivity contribution in [3.63, 3.8) is 0 Å². The maximum atomic E-state index is 12.0. The van der Waals surface area contributed by atoms with E-state index in [2.05, 4.69) is 9.47 Å². The molecule has 0 aliphatic carbocycles. The monoisotopic (exact) mass is 386 g/mol. The van der Waals surface area contributed by atoms with Gasteiger partial charge in [0.15, 0.2) is 0 Å². The number of carbonyl (C=O) groups is 5. The first-order valence-electron chi connectivity index (χ1n) is 6.63. The van der Waals surface area contributed by atoms with Gasteiger partial charge in [0.1, 0.15) is 11.3 Å². The number of hydrogen-bond donors (Lipinski definition) is 1. The second kappa shape index (κ2) is 13.0. The zero-order valence-corrected chi connectivity index (χ0v) is 12.8. The van der Waals surface area contributed by atoms with E-state index >= 15 is 0 Å². The van der Waals surface area contributed by atoms with Crippen LogP contribution in [0.2, 0.25) is 0 Å². The molecule has 1 atom stereocenters. The fourth-order valence-corrected chi connectivity index (χ4v) is 1.57. The Kier molecular flexibility index (Phi) is 13.5. The van der Waals surface area contributed by atoms with Gasteiger partial charge in [-0.1, -0.05) is 12.1 Å². The fourth-order valence-electron chi connectivity index (χ4n) is 1.57. The van der Waals surface area contributed by atoms with Crippen LogP contribution < -0.4 is 0 Å². The van der Waals surface area contributed by atoms with Crippen LogP contribution in [0.4, 0.5) is 0 Å². The molecule has 11 heteroatoms. The van der Waals surface area contributed by atoms with Crippen molar-refractivity contribution in [1.82, 2.24) is 0 Å². The molecule has 1 unspecified atom stereocenters. The molecule has 0 bridgehead atoms. The van der Waals surface area contributed by atoms with E-state index < -0.39 is 48.1 Å². The number of ether oxygens (including phenoxy) is 3. The molecule has 0 fully saturated rings. The molecule has 1 N–H and O–H groups in total. The van der Waals surface area contributed by atoms with Crippen molar-refractivity contribution in [2.24, 2.45) is 0 Å². The number of carbonyl (C=O) groups excluding carboxylic acids is 5. The quantitative estimate of drug-likeness (QED) is 0.298. The van der Waals surface area contributed by atoms with Crippen LogP contribution in [0.5, 0.6) is 5.75 Å². The molecule has 0 aliphatic heterocycles. The van der Waals surface area contributed by atoms with Crippen molar-refractivity contribution in [1.29, 1.82) is 0 Å². The van der Waals surface area contributed by atoms with Crippen molar-refractivity contribution in [2.45, 2.75) is 26.4 Å². The van der Waals surface area contributed by atoms with Crippen LogP contribution in [0.1, 0.15) is 30.6 Å². The van der Waals surface area contributed by atoms with Gasteiger partial charge in [0, 0.05) is 13.8 Å². The molecule has 1 aromatic carbocycles. The molecule has 0 aromatic heterocycles. The molecular formula is C15H16Na2O9. The molecule has 0 aliphatic rings. The summed E-state index contributed by atoms with van der Waals surface area (Å²) in [6.45, 7) is 1.91. The van der Waals surface area contributed by atoms with E-state index in [1.165, 1.54) is 24.3 Å². The summed E-state index contributed by atoms with van der Waals surface area (Å²) in [4.78, 5) is 56.7. The van der Waals surface area contributed by atoms with Gasteiger partial charge in [-0.2, -0.15) is 0 Å². The average molecular weight is 386 g/mol. The van der Waals surface area contributed by atoms with Gasteiger partial charge in [-0.05, 0) is 12.1 Å². The van der Waals surface area contributed by atoms with Crippen LogP contribution >= 0.6 is 0 Å². The molecule has 1 aromatic rings. The Morgan fingerprint density at radius 1 is 0.962 bits per heavy atom. The molecule has 1 rings (SSSR count). The van der Waals surface area contributed by atoms with E-state index in [0.717, 1.165) is 13.8 Å². The third kappa shape index (κ3) is 9.46. The number of hydrogen-bond acceptors (Lipinski definition) is 9. The number of phenolic OH excluding ortho intramolecular Hbond substituents is 1. The van der Waals surface area contributed by atoms with Crippen molar-refractivity contribution < 1.29 is 43.3 Å². The summed E-state index contributed by atoms with van der Waals surface area (Å²) in [7, 11) is 0. The summed E-state index contributed by atoms with van der Waals surface area (Å²) in [5.41, 5.74) is -0.266. The number of esters is 5. The van der Waals surface area contributed by atoms with E-state index in [4.69, 9.17) is 4.74 Å². The van der Waals surface area contributed by atoms with E-state index in [1.54, 1.807) is 0 Å². The minimum atomic E-state index is -1.83. The molecule has 0 heterocycles. The first kappa shape index (κ1) is 27.0. The molecule has 132 valence electrons. The van der Waals surface area contributed by atoms with Crippen LogP contribution in [0.3, 0.4) is 0 Å². The molecule has 0 amide bonds. The van der Waals surface area contributed by atoms with Crippen molar-refractivity contribution >= 4 is 89.0 Å². The summed E-state index contributed by atoms with van der Waals surface area (Å²) in [6.07, 6.45) is -2.67. The molecule has 26 heavy (non-hydrogen) atoms. The van der Waals surface area contributed by atoms with Gasteiger partial charge in [0.05, 0.1) is 6.42 Å². The van der Waals surface area contributed by atoms with Crippen LogP contribution in [0.15, 0.2) is 24.3 Å². The van der Waals surface area contributed by atoms with Crippen LogP contribution in [-0.4, -0.2) is 100 Å². The predicted molar refractivity (Wildman–Crippen MR) is 89.8 cm³/mol. The van der Waals surface area contributed by atoms with Crippen LogP contribution in [0, 0.1) is 0 Å². The zero-order valence-electron chi connectivity index (χ0n) is 12.8. The summed E-state index contributed by atoms with van der Waals surface area (Å²) >= 11 is 0. The first-order valence-corrected chi connectivity index (χ1v) is 6.63. The normalized spacial score (nSPS) is 10.2. The average Bonchev–Trinajstić information content (AvgIpc) is 2.45. The van der Waals surface area contributed by atoms with Crippen molar-refractivity contribution in [3.8, 4) is 5.75 Å². The number of benzene rings is 1. The number of rotatable bonds is 5. The summed E-state index contributed by atoms with van der Waals surface area (Å²) in [6, 6.07) is 5.32. The Hall–Kier alpha value is -1.23. The minimum absolute atomic E-state index is 0. The Balaban J connectivity index is 0. The van der Waals surface area contributed by atoms with Crippen molar-refractivity contribution in [3.05, 3.63) is 29.8 Å². The summed E-state index contributed by atoms with van der Waals surface area (Å²) < 4.78 is 13.3. The van der Waals surface area contributed by atoms with Crippen LogP contribution in [-0.2, 0) is 33.4 Å². The fraction of sp³-hybridized carbons (Fsp3) is 0.267. The summed E-state index contributed by atoms with van der Waals surface area (Å²) in [5.74, 6) is -5.92. The third-order valence-corrected chi connectivity index (χ3v) is 2.49. The Bertz CT molecular complexity index is 687. The second-order valence-electron chi connectivity index (χ2n) is 4.49. The van der Waals surface area contributed by atoms with Crippen LogP contribution in [0.25, 0.3) is 0 Å². The van der Waals surface area contributed by atoms with Gasteiger partial charge < -0.3 is 19.3 Å². The molecular weight excluding hydrogens is 370 g/mol. The topological polar surface area (TPSA) is 133 Å². The Morgan fingerprint density at radius 3 is 2.00 bits per heavy atom. The van der Waals surface area contributed by atoms with E-state index in [1.807, 2.05) is 0 Å². The van der Waals surface area contributed by atoms with E-state index in [9.17, 15) is 29.1 Å².